The quantitative estimate of drug-likeness (QED) is 0.696. The first-order chi connectivity index (χ1) is 10.6. The first kappa shape index (κ1) is 18.5. The van der Waals surface area contributed by atoms with Crippen molar-refractivity contribution in [3.63, 3.8) is 0 Å². The van der Waals surface area contributed by atoms with Crippen LogP contribution < -0.4 is 15.8 Å². The number of carbonyl (C=O) groups is 1. The van der Waals surface area contributed by atoms with Crippen molar-refractivity contribution in [1.82, 2.24) is 5.32 Å². The third-order valence-electron chi connectivity index (χ3n) is 3.71. The van der Waals surface area contributed by atoms with Crippen molar-refractivity contribution in [1.29, 1.82) is 0 Å². The molecule has 0 aliphatic carbocycles. The van der Waals surface area contributed by atoms with E-state index in [2.05, 4.69) is 12.2 Å². The Bertz CT molecular complexity index is 430. The molecule has 0 bridgehead atoms. The molecule has 2 unspecified atom stereocenters. The van der Waals surface area contributed by atoms with Crippen LogP contribution >= 0.6 is 0 Å². The third kappa shape index (κ3) is 6.03. The molecule has 1 amide bonds. The van der Waals surface area contributed by atoms with Crippen LogP contribution in [0.5, 0.6) is 5.75 Å². The molecule has 22 heavy (non-hydrogen) atoms. The van der Waals surface area contributed by atoms with Crippen molar-refractivity contribution < 1.29 is 14.3 Å². The highest BCUT2D eigenvalue weighted by Crippen LogP contribution is 2.22. The minimum absolute atomic E-state index is 0.00800. The average molecular weight is 308 g/mol. The predicted molar refractivity (Wildman–Crippen MR) is 87.9 cm³/mol. The Balaban J connectivity index is 2.72. The van der Waals surface area contributed by atoms with Gasteiger partial charge in [0.25, 0.3) is 0 Å². The van der Waals surface area contributed by atoms with E-state index in [1.807, 2.05) is 24.3 Å². The summed E-state index contributed by atoms with van der Waals surface area (Å²) in [6.07, 6.45) is 3.11. The van der Waals surface area contributed by atoms with Crippen LogP contribution in [0.4, 0.5) is 0 Å². The number of carbonyl (C=O) groups excluding carboxylic acids is 1. The second-order valence-corrected chi connectivity index (χ2v) is 5.33. The summed E-state index contributed by atoms with van der Waals surface area (Å²) in [5.41, 5.74) is 6.65. The van der Waals surface area contributed by atoms with E-state index in [1.54, 1.807) is 14.2 Å². The summed E-state index contributed by atoms with van der Waals surface area (Å²) in [5, 5.41) is 3.09. The summed E-state index contributed by atoms with van der Waals surface area (Å²) in [5.74, 6) is 0.779. The number of ether oxygens (including phenoxy) is 2. The van der Waals surface area contributed by atoms with Gasteiger partial charge in [-0.1, -0.05) is 31.9 Å². The Labute approximate surface area is 133 Å². The Morgan fingerprint density at radius 3 is 2.45 bits per heavy atom. The lowest BCUT2D eigenvalue weighted by Gasteiger charge is -2.21. The Kier molecular flexibility index (Phi) is 8.55. The molecule has 124 valence electrons. The standard InChI is InChI=1S/C17H28N2O3/c1-4-5-6-16(13-7-9-14(21-2)10-8-13)19-17(20)11-15(12-18)22-3/h7-10,15-16H,4-6,11-12,18H2,1-3H3,(H,19,20). The molecular formula is C17H28N2O3. The average Bonchev–Trinajstić information content (AvgIpc) is 2.56. The first-order valence-corrected chi connectivity index (χ1v) is 7.80. The van der Waals surface area contributed by atoms with Crippen molar-refractivity contribution in [2.45, 2.75) is 44.8 Å². The van der Waals surface area contributed by atoms with Gasteiger partial charge in [0.1, 0.15) is 5.75 Å². The van der Waals surface area contributed by atoms with E-state index in [-0.39, 0.29) is 24.5 Å². The molecule has 5 nitrogen and oxygen atoms in total. The van der Waals surface area contributed by atoms with Crippen LogP contribution in [-0.2, 0) is 9.53 Å². The van der Waals surface area contributed by atoms with Crippen LogP contribution in [0.2, 0.25) is 0 Å². The SMILES string of the molecule is CCCCC(NC(=O)CC(CN)OC)c1ccc(OC)cc1. The van der Waals surface area contributed by atoms with Crippen LogP contribution in [0.3, 0.4) is 0 Å². The number of hydrogen-bond acceptors (Lipinski definition) is 4. The molecular weight excluding hydrogens is 280 g/mol. The summed E-state index contributed by atoms with van der Waals surface area (Å²) >= 11 is 0. The number of amides is 1. The first-order valence-electron chi connectivity index (χ1n) is 7.80. The van der Waals surface area contributed by atoms with E-state index < -0.39 is 0 Å². The summed E-state index contributed by atoms with van der Waals surface area (Å²) in [4.78, 5) is 12.2. The monoisotopic (exact) mass is 308 g/mol. The number of nitrogens with one attached hydrogen (secondary N) is 1. The predicted octanol–water partition coefficient (Wildman–Crippen LogP) is 2.41. The highest BCUT2D eigenvalue weighted by Gasteiger charge is 2.17. The van der Waals surface area contributed by atoms with Gasteiger partial charge >= 0.3 is 0 Å². The number of benzene rings is 1. The molecule has 0 aliphatic rings. The zero-order valence-corrected chi connectivity index (χ0v) is 13.8. The summed E-state index contributed by atoms with van der Waals surface area (Å²) in [6.45, 7) is 2.48. The van der Waals surface area contributed by atoms with Gasteiger partial charge in [0.2, 0.25) is 5.91 Å². The van der Waals surface area contributed by atoms with Crippen molar-refractivity contribution in [3.8, 4) is 5.75 Å². The van der Waals surface area contributed by atoms with Gasteiger partial charge in [-0.2, -0.15) is 0 Å². The lowest BCUT2D eigenvalue weighted by molar-refractivity contribution is -0.124. The second kappa shape index (κ2) is 10.2. The van der Waals surface area contributed by atoms with Gasteiger partial charge in [-0.15, -0.1) is 0 Å². The zero-order valence-electron chi connectivity index (χ0n) is 13.8. The molecule has 0 aliphatic heterocycles. The molecule has 5 heteroatoms. The van der Waals surface area contributed by atoms with Gasteiger partial charge in [0.15, 0.2) is 0 Å². The number of hydrogen-bond donors (Lipinski definition) is 2. The summed E-state index contributed by atoms with van der Waals surface area (Å²) in [6, 6.07) is 7.83. The van der Waals surface area contributed by atoms with E-state index in [1.165, 1.54) is 0 Å². The van der Waals surface area contributed by atoms with E-state index >= 15 is 0 Å². The minimum Gasteiger partial charge on any atom is -0.497 e. The zero-order chi connectivity index (χ0) is 16.4. The van der Waals surface area contributed by atoms with Crippen molar-refractivity contribution in [3.05, 3.63) is 29.8 Å². The van der Waals surface area contributed by atoms with Gasteiger partial charge in [0, 0.05) is 13.7 Å². The fraction of sp³-hybridized carbons (Fsp3) is 0.588. The highest BCUT2D eigenvalue weighted by atomic mass is 16.5. The Hall–Kier alpha value is -1.59. The van der Waals surface area contributed by atoms with Crippen LogP contribution in [0.15, 0.2) is 24.3 Å². The topological polar surface area (TPSA) is 73.6 Å². The maximum atomic E-state index is 12.2. The van der Waals surface area contributed by atoms with Gasteiger partial charge in [-0.25, -0.2) is 0 Å². The molecule has 0 spiro atoms. The molecule has 0 saturated carbocycles. The fourth-order valence-electron chi connectivity index (χ4n) is 2.29. The van der Waals surface area contributed by atoms with Crippen LogP contribution in [0.25, 0.3) is 0 Å². The number of rotatable bonds is 10. The lowest BCUT2D eigenvalue weighted by atomic mass is 10.0. The van der Waals surface area contributed by atoms with E-state index in [4.69, 9.17) is 15.2 Å². The molecule has 1 rings (SSSR count). The minimum atomic E-state index is -0.234. The molecule has 1 aromatic rings. The molecule has 1 aromatic carbocycles. The highest BCUT2D eigenvalue weighted by molar-refractivity contribution is 5.77. The summed E-state index contributed by atoms with van der Waals surface area (Å²) < 4.78 is 10.3. The normalized spacial score (nSPS) is 13.5. The third-order valence-corrected chi connectivity index (χ3v) is 3.71. The second-order valence-electron chi connectivity index (χ2n) is 5.33. The van der Waals surface area contributed by atoms with Crippen molar-refractivity contribution >= 4 is 5.91 Å². The van der Waals surface area contributed by atoms with Gasteiger partial charge < -0.3 is 20.5 Å². The molecule has 0 aromatic heterocycles. The lowest BCUT2D eigenvalue weighted by Crippen LogP contribution is -2.34. The van der Waals surface area contributed by atoms with E-state index in [9.17, 15) is 4.79 Å². The Morgan fingerprint density at radius 1 is 1.27 bits per heavy atom. The van der Waals surface area contributed by atoms with Crippen LogP contribution in [0.1, 0.15) is 44.2 Å². The largest absolute Gasteiger partial charge is 0.497 e. The maximum absolute atomic E-state index is 12.2. The molecule has 3 N–H and O–H groups in total. The van der Waals surface area contributed by atoms with Gasteiger partial charge in [-0.05, 0) is 24.1 Å². The number of nitrogens with two attached hydrogens (primary N) is 1. The molecule has 0 radical (unpaired) electrons. The molecule has 0 fully saturated rings. The van der Waals surface area contributed by atoms with E-state index in [0.717, 1.165) is 30.6 Å². The van der Waals surface area contributed by atoms with Crippen molar-refractivity contribution in [2.24, 2.45) is 5.73 Å². The molecule has 0 heterocycles. The smallest absolute Gasteiger partial charge is 0.223 e. The number of unbranched alkanes of at least 4 members (excludes halogenated alkanes) is 1. The van der Waals surface area contributed by atoms with Gasteiger partial charge in [-0.3, -0.25) is 4.79 Å². The molecule has 2 atom stereocenters. The Morgan fingerprint density at radius 2 is 1.95 bits per heavy atom. The van der Waals surface area contributed by atoms with Crippen LogP contribution in [0, 0.1) is 0 Å². The molecule has 0 saturated heterocycles. The summed E-state index contributed by atoms with van der Waals surface area (Å²) in [7, 11) is 3.21. The van der Waals surface area contributed by atoms with Gasteiger partial charge in [0.05, 0.1) is 25.7 Å². The fourth-order valence-corrected chi connectivity index (χ4v) is 2.29. The van der Waals surface area contributed by atoms with Crippen LogP contribution in [-0.4, -0.2) is 32.8 Å². The van der Waals surface area contributed by atoms with Crippen molar-refractivity contribution in [2.75, 3.05) is 20.8 Å². The van der Waals surface area contributed by atoms with E-state index in [0.29, 0.717) is 6.54 Å². The maximum Gasteiger partial charge on any atom is 0.223 e. The number of methoxy groups -OCH3 is 2.